The first-order valence-electron chi connectivity index (χ1n) is 7.03. The summed E-state index contributed by atoms with van der Waals surface area (Å²) in [4.78, 5) is 11.1. The Kier molecular flexibility index (Phi) is 6.31. The Hall–Kier alpha value is -1.75. The molecule has 0 saturated heterocycles. The third-order valence-electron chi connectivity index (χ3n) is 3.12. The van der Waals surface area contributed by atoms with Crippen LogP contribution in [0.25, 0.3) is 0 Å². The Morgan fingerprint density at radius 2 is 1.80 bits per heavy atom. The number of carbonyl (C=O) groups excluding carboxylic acids is 1. The molecule has 5 heteroatoms. The fourth-order valence-corrected chi connectivity index (χ4v) is 1.99. The van der Waals surface area contributed by atoms with Crippen LogP contribution in [0.5, 0.6) is 11.5 Å². The minimum absolute atomic E-state index is 0.118. The minimum atomic E-state index is -0.312. The lowest BCUT2D eigenvalue weighted by Crippen LogP contribution is -2.92. The van der Waals surface area contributed by atoms with E-state index in [1.807, 2.05) is 44.3 Å². The Bertz CT molecular complexity index is 449. The van der Waals surface area contributed by atoms with Gasteiger partial charge in [-0.25, -0.2) is 0 Å². The maximum atomic E-state index is 11.1. The van der Waals surface area contributed by atoms with Gasteiger partial charge in [0.15, 0.2) is 17.5 Å². The van der Waals surface area contributed by atoms with E-state index >= 15 is 0 Å². The Morgan fingerprint density at radius 3 is 2.35 bits per heavy atom. The van der Waals surface area contributed by atoms with Gasteiger partial charge in [-0.1, -0.05) is 0 Å². The first kappa shape index (κ1) is 16.3. The van der Waals surface area contributed by atoms with E-state index in [9.17, 15) is 4.79 Å². The molecule has 1 aromatic carbocycles. The van der Waals surface area contributed by atoms with Crippen molar-refractivity contribution in [3.8, 4) is 11.5 Å². The average Bonchev–Trinajstić information content (AvgIpc) is 2.41. The van der Waals surface area contributed by atoms with E-state index in [1.54, 1.807) is 6.92 Å². The number of benzene rings is 1. The number of primary amides is 1. The lowest BCUT2D eigenvalue weighted by molar-refractivity contribution is -0.710. The van der Waals surface area contributed by atoms with E-state index in [4.69, 9.17) is 15.2 Å². The highest BCUT2D eigenvalue weighted by Crippen LogP contribution is 2.29. The van der Waals surface area contributed by atoms with Crippen LogP contribution in [0.4, 0.5) is 0 Å². The molecular formula is C15H25N2O3+. The number of hydrogen-bond acceptors (Lipinski definition) is 3. The Morgan fingerprint density at radius 1 is 1.20 bits per heavy atom. The molecule has 0 aliphatic heterocycles. The van der Waals surface area contributed by atoms with Gasteiger partial charge in [0.25, 0.3) is 5.91 Å². The molecule has 1 aromatic rings. The topological polar surface area (TPSA) is 78.2 Å². The second kappa shape index (κ2) is 7.75. The highest BCUT2D eigenvalue weighted by molar-refractivity contribution is 5.77. The Labute approximate surface area is 120 Å². The molecule has 0 aliphatic rings. The molecule has 1 amide bonds. The molecular weight excluding hydrogens is 256 g/mol. The zero-order valence-corrected chi connectivity index (χ0v) is 12.7. The van der Waals surface area contributed by atoms with Crippen molar-refractivity contribution < 1.29 is 19.6 Å². The van der Waals surface area contributed by atoms with Crippen LogP contribution in [0.15, 0.2) is 18.2 Å². The van der Waals surface area contributed by atoms with E-state index in [-0.39, 0.29) is 18.0 Å². The molecule has 20 heavy (non-hydrogen) atoms. The van der Waals surface area contributed by atoms with E-state index in [0.717, 1.165) is 17.1 Å². The lowest BCUT2D eigenvalue weighted by Gasteiger charge is -2.17. The number of nitrogens with two attached hydrogens (primary N) is 2. The molecule has 0 heterocycles. The summed E-state index contributed by atoms with van der Waals surface area (Å²) < 4.78 is 11.1. The smallest absolute Gasteiger partial charge is 0.275 e. The maximum absolute atomic E-state index is 11.1. The van der Waals surface area contributed by atoms with Crippen molar-refractivity contribution in [3.05, 3.63) is 23.8 Å². The lowest BCUT2D eigenvalue weighted by atomic mass is 10.1. The first-order valence-corrected chi connectivity index (χ1v) is 7.03. The molecule has 1 rings (SSSR count). The van der Waals surface area contributed by atoms with Crippen molar-refractivity contribution in [2.24, 2.45) is 5.73 Å². The summed E-state index contributed by atoms with van der Waals surface area (Å²) in [5, 5.41) is 1.94. The van der Waals surface area contributed by atoms with Gasteiger partial charge in [0.2, 0.25) is 0 Å². The van der Waals surface area contributed by atoms with Gasteiger partial charge in [0, 0.05) is 5.56 Å². The van der Waals surface area contributed by atoms with Crippen LogP contribution in [0.3, 0.4) is 0 Å². The van der Waals surface area contributed by atoms with Crippen molar-refractivity contribution in [2.75, 3.05) is 13.2 Å². The molecule has 5 nitrogen and oxygen atoms in total. The number of carbonyl (C=O) groups is 1. The summed E-state index contributed by atoms with van der Waals surface area (Å²) in [5.74, 6) is 1.17. The second-order valence-electron chi connectivity index (χ2n) is 4.74. The van der Waals surface area contributed by atoms with Crippen molar-refractivity contribution in [2.45, 2.75) is 39.8 Å². The van der Waals surface area contributed by atoms with Gasteiger partial charge in [0.1, 0.15) is 6.04 Å². The molecule has 0 aliphatic carbocycles. The number of rotatable bonds is 8. The summed E-state index contributed by atoms with van der Waals surface area (Å²) in [6, 6.07) is 5.72. The molecule has 0 radical (unpaired) electrons. The molecule has 0 fully saturated rings. The third-order valence-corrected chi connectivity index (χ3v) is 3.12. The summed E-state index contributed by atoms with van der Waals surface area (Å²) in [6.07, 6.45) is 0. The molecule has 4 N–H and O–H groups in total. The number of quaternary nitrogens is 1. The van der Waals surface area contributed by atoms with E-state index in [2.05, 4.69) is 0 Å². The Balaban J connectivity index is 2.89. The summed E-state index contributed by atoms with van der Waals surface area (Å²) in [5.41, 5.74) is 6.36. The van der Waals surface area contributed by atoms with Crippen LogP contribution in [0, 0.1) is 0 Å². The van der Waals surface area contributed by atoms with E-state index < -0.39 is 0 Å². The van der Waals surface area contributed by atoms with E-state index in [0.29, 0.717) is 13.2 Å². The zero-order valence-electron chi connectivity index (χ0n) is 12.7. The molecule has 0 bridgehead atoms. The fourth-order valence-electron chi connectivity index (χ4n) is 1.99. The van der Waals surface area contributed by atoms with Crippen molar-refractivity contribution in [3.63, 3.8) is 0 Å². The van der Waals surface area contributed by atoms with Gasteiger partial charge in [-0.2, -0.15) is 0 Å². The summed E-state index contributed by atoms with van der Waals surface area (Å²) in [6.45, 7) is 8.89. The SMILES string of the molecule is CCOc1ccc([C@H](C)[NH2+][C@H](C)C(N)=O)cc1OCC. The summed E-state index contributed by atoms with van der Waals surface area (Å²) >= 11 is 0. The van der Waals surface area contributed by atoms with Crippen LogP contribution in [-0.4, -0.2) is 25.2 Å². The molecule has 112 valence electrons. The number of hydrogen-bond donors (Lipinski definition) is 2. The molecule has 0 aromatic heterocycles. The number of amides is 1. The largest absolute Gasteiger partial charge is 0.490 e. The van der Waals surface area contributed by atoms with Crippen LogP contribution >= 0.6 is 0 Å². The normalized spacial score (nSPS) is 13.6. The monoisotopic (exact) mass is 281 g/mol. The first-order chi connectivity index (χ1) is 9.49. The third kappa shape index (κ3) is 4.42. The fraction of sp³-hybridized carbons (Fsp3) is 0.533. The second-order valence-corrected chi connectivity index (χ2v) is 4.74. The number of ether oxygens (including phenoxy) is 2. The van der Waals surface area contributed by atoms with Crippen molar-refractivity contribution >= 4 is 5.91 Å². The van der Waals surface area contributed by atoms with Crippen molar-refractivity contribution in [1.29, 1.82) is 0 Å². The van der Waals surface area contributed by atoms with Gasteiger partial charge in [-0.05, 0) is 45.9 Å². The maximum Gasteiger partial charge on any atom is 0.275 e. The predicted molar refractivity (Wildman–Crippen MR) is 77.8 cm³/mol. The molecule has 2 atom stereocenters. The van der Waals surface area contributed by atoms with Crippen molar-refractivity contribution in [1.82, 2.24) is 0 Å². The highest BCUT2D eigenvalue weighted by atomic mass is 16.5. The predicted octanol–water partition coefficient (Wildman–Crippen LogP) is 0.982. The van der Waals surface area contributed by atoms with Gasteiger partial charge < -0.3 is 20.5 Å². The summed E-state index contributed by atoms with van der Waals surface area (Å²) in [7, 11) is 0. The molecule has 0 unspecified atom stereocenters. The minimum Gasteiger partial charge on any atom is -0.490 e. The van der Waals surface area contributed by atoms with Gasteiger partial charge in [0.05, 0.1) is 13.2 Å². The van der Waals surface area contributed by atoms with E-state index in [1.165, 1.54) is 0 Å². The molecule has 0 spiro atoms. The standard InChI is InChI=1S/C15H24N2O3/c1-5-19-13-8-7-12(9-14(13)20-6-2)10(3)17-11(4)15(16)18/h7-11,17H,5-6H2,1-4H3,(H2,16,18)/p+1/t10-,11+/m0/s1. The van der Waals surface area contributed by atoms with Gasteiger partial charge >= 0.3 is 0 Å². The zero-order chi connectivity index (χ0) is 15.1. The molecule has 0 saturated carbocycles. The average molecular weight is 281 g/mol. The van der Waals surface area contributed by atoms with Gasteiger partial charge in [-0.15, -0.1) is 0 Å². The van der Waals surface area contributed by atoms with Crippen LogP contribution < -0.4 is 20.5 Å². The van der Waals surface area contributed by atoms with Crippen LogP contribution in [0.2, 0.25) is 0 Å². The quantitative estimate of drug-likeness (QED) is 0.745. The van der Waals surface area contributed by atoms with Gasteiger partial charge in [-0.3, -0.25) is 4.79 Å². The van der Waals surface area contributed by atoms with Crippen LogP contribution in [0.1, 0.15) is 39.3 Å². The van der Waals surface area contributed by atoms with Crippen LogP contribution in [-0.2, 0) is 4.79 Å². The highest BCUT2D eigenvalue weighted by Gasteiger charge is 2.19.